The van der Waals surface area contributed by atoms with Crippen LogP contribution < -0.4 is 10.6 Å². The molecule has 1 fully saturated rings. The Balaban J connectivity index is 1.45. The van der Waals surface area contributed by atoms with Gasteiger partial charge in [-0.3, -0.25) is 24.0 Å². The number of Topliss-reactive ketones (excluding diaryl/α,β-unsaturated/α-hetero) is 1. The van der Waals surface area contributed by atoms with E-state index in [-0.39, 0.29) is 63.0 Å². The second kappa shape index (κ2) is 19.2. The van der Waals surface area contributed by atoms with Gasteiger partial charge in [-0.25, -0.2) is 9.59 Å². The van der Waals surface area contributed by atoms with Gasteiger partial charge in [-0.2, -0.15) is 0 Å². The summed E-state index contributed by atoms with van der Waals surface area (Å²) in [6.07, 6.45) is 0.421. The van der Waals surface area contributed by atoms with Gasteiger partial charge in [0.15, 0.2) is 5.78 Å². The Bertz CT molecular complexity index is 1740. The predicted molar refractivity (Wildman–Crippen MR) is 208 cm³/mol. The molecule has 0 aromatic heterocycles. The topological polar surface area (TPSA) is 174 Å². The van der Waals surface area contributed by atoms with E-state index in [4.69, 9.17) is 14.2 Å². The molecular formula is C43H57N3O10. The first-order valence-electron chi connectivity index (χ1n) is 19.5. The van der Waals surface area contributed by atoms with Crippen LogP contribution in [0, 0.1) is 17.8 Å². The number of carbonyl (C=O) groups excluding carboxylic acids is 7. The first-order valence-corrected chi connectivity index (χ1v) is 19.5. The summed E-state index contributed by atoms with van der Waals surface area (Å²) < 4.78 is 15.9. The monoisotopic (exact) mass is 775 g/mol. The maximum absolute atomic E-state index is 14.0. The van der Waals surface area contributed by atoms with Crippen molar-refractivity contribution in [1.82, 2.24) is 15.5 Å². The Morgan fingerprint density at radius 2 is 1.48 bits per heavy atom. The molecule has 4 rings (SSSR count). The summed E-state index contributed by atoms with van der Waals surface area (Å²) in [5.74, 6) is -6.52. The molecule has 0 radical (unpaired) electrons. The lowest BCUT2D eigenvalue weighted by Gasteiger charge is -2.28. The average Bonchev–Trinajstić information content (AvgIpc) is 3.76. The van der Waals surface area contributed by atoms with Crippen molar-refractivity contribution in [3.05, 3.63) is 59.7 Å². The molecule has 304 valence electrons. The van der Waals surface area contributed by atoms with E-state index in [9.17, 15) is 33.6 Å². The average molecular weight is 776 g/mol. The van der Waals surface area contributed by atoms with Gasteiger partial charge in [-0.1, -0.05) is 76.2 Å². The molecule has 2 aromatic carbocycles. The summed E-state index contributed by atoms with van der Waals surface area (Å²) in [4.78, 5) is 94.4. The minimum absolute atomic E-state index is 0.0471. The number of carbonyl (C=O) groups is 7. The zero-order chi connectivity index (χ0) is 41.3. The first kappa shape index (κ1) is 43.7. The van der Waals surface area contributed by atoms with Gasteiger partial charge in [-0.05, 0) is 80.5 Å². The third-order valence-corrected chi connectivity index (χ3v) is 10.1. The molecule has 1 unspecified atom stereocenters. The van der Waals surface area contributed by atoms with Gasteiger partial charge in [0, 0.05) is 31.2 Å². The molecule has 0 spiro atoms. The zero-order valence-electron chi connectivity index (χ0n) is 33.8. The van der Waals surface area contributed by atoms with E-state index in [1.807, 2.05) is 62.4 Å². The number of esters is 3. The lowest BCUT2D eigenvalue weighted by atomic mass is 9.89. The van der Waals surface area contributed by atoms with E-state index in [1.165, 1.54) is 12.0 Å². The second-order valence-electron chi connectivity index (χ2n) is 16.4. The number of methoxy groups -OCH3 is 1. The number of nitrogens with zero attached hydrogens (tertiary/aromatic N) is 1. The first-order chi connectivity index (χ1) is 26.4. The SMILES string of the molecule is COC(=O)[C@@H](NC(=O)[C@H](CCC(=O)OC(C)(C)C)CC(=O)[C@H](CC(C)C)NC(=O)C1CCCN1C(=O)C(=O)OCC1c2ccccc2-c2ccccc21)C(C)C. The highest BCUT2D eigenvalue weighted by Gasteiger charge is 2.40. The molecule has 2 aromatic rings. The molecule has 13 nitrogen and oxygen atoms in total. The number of ketones is 1. The van der Waals surface area contributed by atoms with E-state index < -0.39 is 71.1 Å². The van der Waals surface area contributed by atoms with E-state index >= 15 is 0 Å². The fourth-order valence-corrected chi connectivity index (χ4v) is 7.36. The van der Waals surface area contributed by atoms with Crippen LogP contribution in [-0.2, 0) is 47.8 Å². The van der Waals surface area contributed by atoms with Gasteiger partial charge < -0.3 is 29.7 Å². The number of nitrogens with one attached hydrogen (secondary N) is 2. The fourth-order valence-electron chi connectivity index (χ4n) is 7.36. The summed E-state index contributed by atoms with van der Waals surface area (Å²) >= 11 is 0. The van der Waals surface area contributed by atoms with Crippen LogP contribution in [0.15, 0.2) is 48.5 Å². The van der Waals surface area contributed by atoms with Crippen molar-refractivity contribution < 1.29 is 47.8 Å². The van der Waals surface area contributed by atoms with Gasteiger partial charge in [0.2, 0.25) is 11.8 Å². The third-order valence-electron chi connectivity index (χ3n) is 10.1. The predicted octanol–water partition coefficient (Wildman–Crippen LogP) is 4.88. The molecule has 3 amide bonds. The number of ether oxygens (including phenoxy) is 3. The van der Waals surface area contributed by atoms with Crippen LogP contribution in [0.2, 0.25) is 0 Å². The molecule has 1 aliphatic carbocycles. The van der Waals surface area contributed by atoms with E-state index in [0.717, 1.165) is 22.3 Å². The lowest BCUT2D eigenvalue weighted by Crippen LogP contribution is -2.53. The van der Waals surface area contributed by atoms with Crippen molar-refractivity contribution in [2.24, 2.45) is 17.8 Å². The van der Waals surface area contributed by atoms with E-state index in [0.29, 0.717) is 6.42 Å². The molecule has 0 bridgehead atoms. The summed E-state index contributed by atoms with van der Waals surface area (Å²) in [5, 5.41) is 5.49. The normalized spacial score (nSPS) is 16.7. The molecule has 2 N–H and O–H groups in total. The molecule has 2 aliphatic rings. The molecule has 56 heavy (non-hydrogen) atoms. The number of benzene rings is 2. The van der Waals surface area contributed by atoms with E-state index in [2.05, 4.69) is 10.6 Å². The van der Waals surface area contributed by atoms with Crippen LogP contribution in [-0.4, -0.2) is 90.3 Å². The number of amides is 3. The van der Waals surface area contributed by atoms with Gasteiger partial charge in [0.25, 0.3) is 0 Å². The van der Waals surface area contributed by atoms with Crippen molar-refractivity contribution in [2.45, 2.75) is 117 Å². The lowest BCUT2D eigenvalue weighted by molar-refractivity contribution is -0.161. The molecular weight excluding hydrogens is 718 g/mol. The van der Waals surface area contributed by atoms with Crippen molar-refractivity contribution >= 4 is 41.4 Å². The van der Waals surface area contributed by atoms with Crippen molar-refractivity contribution in [1.29, 1.82) is 0 Å². The van der Waals surface area contributed by atoms with Crippen LogP contribution in [0.5, 0.6) is 0 Å². The number of hydrogen-bond donors (Lipinski definition) is 2. The molecule has 4 atom stereocenters. The highest BCUT2D eigenvalue weighted by Crippen LogP contribution is 2.44. The minimum Gasteiger partial charge on any atom is -0.467 e. The van der Waals surface area contributed by atoms with Crippen LogP contribution in [0.4, 0.5) is 0 Å². The Labute approximate surface area is 329 Å². The van der Waals surface area contributed by atoms with Crippen molar-refractivity contribution in [3.63, 3.8) is 0 Å². The molecule has 13 heteroatoms. The molecule has 0 saturated carbocycles. The third kappa shape index (κ3) is 11.3. The van der Waals surface area contributed by atoms with Crippen LogP contribution in [0.1, 0.15) is 104 Å². The maximum Gasteiger partial charge on any atom is 0.397 e. The van der Waals surface area contributed by atoms with Gasteiger partial charge in [0.05, 0.1) is 13.2 Å². The number of hydrogen-bond acceptors (Lipinski definition) is 10. The summed E-state index contributed by atoms with van der Waals surface area (Å²) in [6, 6.07) is 12.7. The Hall–Kier alpha value is -5.07. The largest absolute Gasteiger partial charge is 0.467 e. The smallest absolute Gasteiger partial charge is 0.397 e. The van der Waals surface area contributed by atoms with E-state index in [1.54, 1.807) is 34.6 Å². The van der Waals surface area contributed by atoms with Crippen LogP contribution >= 0.6 is 0 Å². The van der Waals surface area contributed by atoms with Crippen LogP contribution in [0.3, 0.4) is 0 Å². The number of likely N-dealkylation sites (tertiary alicyclic amines) is 1. The quantitative estimate of drug-likeness (QED) is 0.136. The number of rotatable bonds is 16. The zero-order valence-corrected chi connectivity index (χ0v) is 33.8. The standard InChI is InChI=1S/C43H57N3O10/c1-25(2)22-33(35(47)23-27(19-20-36(48)56-43(5,6)7)38(49)45-37(26(3)4)41(52)54-8)44-39(50)34-18-13-21-46(34)40(51)42(53)55-24-32-30-16-11-9-14-28(30)29-15-10-12-17-31(29)32/h9-12,14-17,25-27,32-34,37H,13,18-24H2,1-8H3,(H,44,50)(H,45,49)/t27-,33+,34?,37+/m1/s1. The Morgan fingerprint density at radius 3 is 2.04 bits per heavy atom. The second-order valence-corrected chi connectivity index (χ2v) is 16.4. The van der Waals surface area contributed by atoms with Gasteiger partial charge >= 0.3 is 23.8 Å². The highest BCUT2D eigenvalue weighted by atomic mass is 16.6. The van der Waals surface area contributed by atoms with Gasteiger partial charge in [0.1, 0.15) is 24.3 Å². The Kier molecular flexibility index (Phi) is 15.0. The summed E-state index contributed by atoms with van der Waals surface area (Å²) in [6.45, 7) is 12.5. The minimum atomic E-state index is -1.06. The van der Waals surface area contributed by atoms with Crippen LogP contribution in [0.25, 0.3) is 11.1 Å². The fraction of sp³-hybridized carbons (Fsp3) is 0.558. The Morgan fingerprint density at radius 1 is 0.875 bits per heavy atom. The number of fused-ring (bicyclic) bond motifs is 3. The molecule has 1 aliphatic heterocycles. The summed E-state index contributed by atoms with van der Waals surface area (Å²) in [7, 11) is 1.21. The summed E-state index contributed by atoms with van der Waals surface area (Å²) in [5.41, 5.74) is 3.34. The van der Waals surface area contributed by atoms with Crippen molar-refractivity contribution in [2.75, 3.05) is 20.3 Å². The highest BCUT2D eigenvalue weighted by molar-refractivity contribution is 6.33. The molecule has 1 saturated heterocycles. The maximum atomic E-state index is 14.0. The van der Waals surface area contributed by atoms with Crippen molar-refractivity contribution in [3.8, 4) is 11.1 Å². The molecule has 1 heterocycles. The van der Waals surface area contributed by atoms with Gasteiger partial charge in [-0.15, -0.1) is 0 Å².